The summed E-state index contributed by atoms with van der Waals surface area (Å²) in [7, 11) is -4.61. The van der Waals surface area contributed by atoms with Crippen molar-refractivity contribution in [3.63, 3.8) is 0 Å². The van der Waals surface area contributed by atoms with Crippen molar-refractivity contribution >= 4 is 38.1 Å². The number of nitrogens with one attached hydrogen (secondary N) is 1. The first kappa shape index (κ1) is 17.4. The molecule has 2 atom stereocenters. The van der Waals surface area contributed by atoms with Gasteiger partial charge in [-0.2, -0.15) is 0 Å². The Balaban J connectivity index is 2.85. The van der Waals surface area contributed by atoms with E-state index in [0.29, 0.717) is 17.0 Å². The van der Waals surface area contributed by atoms with E-state index in [0.717, 1.165) is 0 Å². The lowest BCUT2D eigenvalue weighted by Gasteiger charge is -2.12. The molecule has 114 valence electrons. The molecule has 3 N–H and O–H groups in total. The van der Waals surface area contributed by atoms with Crippen molar-refractivity contribution in [3.05, 3.63) is 22.7 Å². The summed E-state index contributed by atoms with van der Waals surface area (Å²) in [5.41, 5.74) is 6.39. The number of hydrogen-bond acceptors (Lipinski definition) is 4. The Bertz CT molecular complexity index is 617. The van der Waals surface area contributed by atoms with Crippen LogP contribution in [0.15, 0.2) is 17.0 Å². The first-order valence-electron chi connectivity index (χ1n) is 6.02. The van der Waals surface area contributed by atoms with E-state index in [9.17, 15) is 12.6 Å². The molecular weight excluding hydrogens is 320 g/mol. The van der Waals surface area contributed by atoms with Gasteiger partial charge in [-0.25, -0.2) is 13.1 Å². The maximum absolute atomic E-state index is 12.2. The Hall–Kier alpha value is -0.630. The fraction of sp³-hybridized carbons (Fsp3) is 0.500. The van der Waals surface area contributed by atoms with Gasteiger partial charge in [0.15, 0.2) is 0 Å². The van der Waals surface area contributed by atoms with E-state index in [1.807, 2.05) is 6.92 Å². The lowest BCUT2D eigenvalue weighted by Crippen LogP contribution is -2.28. The van der Waals surface area contributed by atoms with Crippen LogP contribution in [0.4, 0.5) is 5.69 Å². The van der Waals surface area contributed by atoms with E-state index in [4.69, 9.17) is 17.3 Å². The Morgan fingerprint density at radius 1 is 1.45 bits per heavy atom. The molecule has 0 amide bonds. The number of halogens is 1. The average molecular weight is 339 g/mol. The van der Waals surface area contributed by atoms with Crippen LogP contribution in [0, 0.1) is 6.92 Å². The van der Waals surface area contributed by atoms with Crippen LogP contribution in [0.25, 0.3) is 0 Å². The fourth-order valence-corrected chi connectivity index (χ4v) is 3.57. The van der Waals surface area contributed by atoms with Gasteiger partial charge in [0.2, 0.25) is 10.0 Å². The number of anilines is 1. The largest absolute Gasteiger partial charge is 0.397 e. The molecule has 1 rings (SSSR count). The molecular formula is C12H19ClN2O3S2. The van der Waals surface area contributed by atoms with Crippen LogP contribution < -0.4 is 10.5 Å². The predicted octanol–water partition coefficient (Wildman–Crippen LogP) is 1.67. The number of benzene rings is 1. The summed E-state index contributed by atoms with van der Waals surface area (Å²) in [5.74, 6) is 0. The average Bonchev–Trinajstić information content (AvgIpc) is 2.33. The van der Waals surface area contributed by atoms with Gasteiger partial charge in [0.25, 0.3) is 0 Å². The van der Waals surface area contributed by atoms with Crippen molar-refractivity contribution in [2.24, 2.45) is 0 Å². The molecule has 0 saturated heterocycles. The summed E-state index contributed by atoms with van der Waals surface area (Å²) >= 11 is 5.84. The molecule has 0 aliphatic heterocycles. The molecule has 0 aromatic heterocycles. The minimum atomic E-state index is -3.64. The summed E-state index contributed by atoms with van der Waals surface area (Å²) in [6.45, 7) is 3.70. The van der Waals surface area contributed by atoms with Crippen LogP contribution in [-0.4, -0.2) is 30.7 Å². The first-order valence-corrected chi connectivity index (χ1v) is 9.51. The molecule has 0 saturated carbocycles. The predicted molar refractivity (Wildman–Crippen MR) is 83.9 cm³/mol. The highest BCUT2D eigenvalue weighted by molar-refractivity contribution is 7.89. The Morgan fingerprint density at radius 3 is 2.60 bits per heavy atom. The van der Waals surface area contributed by atoms with Crippen molar-refractivity contribution in [2.75, 3.05) is 18.5 Å². The summed E-state index contributed by atoms with van der Waals surface area (Å²) in [4.78, 5) is 0.115. The molecule has 0 aliphatic carbocycles. The Morgan fingerprint density at radius 2 is 2.05 bits per heavy atom. The van der Waals surface area contributed by atoms with Crippen LogP contribution in [0.1, 0.15) is 18.9 Å². The second kappa shape index (κ2) is 6.89. The smallest absolute Gasteiger partial charge is 0.240 e. The maximum Gasteiger partial charge on any atom is 0.240 e. The van der Waals surface area contributed by atoms with Gasteiger partial charge < -0.3 is 5.73 Å². The SMILES string of the molecule is Cc1cc(Cl)c(N)cc1S(=O)(=O)NCCC(C)S(C)=O. The van der Waals surface area contributed by atoms with Gasteiger partial charge >= 0.3 is 0 Å². The van der Waals surface area contributed by atoms with Gasteiger partial charge in [0.1, 0.15) is 0 Å². The molecule has 2 unspecified atom stereocenters. The van der Waals surface area contributed by atoms with Gasteiger partial charge in [0.05, 0.1) is 15.6 Å². The fourth-order valence-electron chi connectivity index (χ4n) is 1.60. The number of nitrogens with two attached hydrogens (primary N) is 1. The molecule has 0 fully saturated rings. The van der Waals surface area contributed by atoms with Crippen LogP contribution in [0.2, 0.25) is 5.02 Å². The van der Waals surface area contributed by atoms with Crippen LogP contribution >= 0.6 is 11.6 Å². The van der Waals surface area contributed by atoms with Crippen LogP contribution in [0.5, 0.6) is 0 Å². The van der Waals surface area contributed by atoms with Crippen molar-refractivity contribution in [1.29, 1.82) is 0 Å². The minimum Gasteiger partial charge on any atom is -0.397 e. The van der Waals surface area contributed by atoms with E-state index in [-0.39, 0.29) is 22.4 Å². The van der Waals surface area contributed by atoms with Gasteiger partial charge in [-0.1, -0.05) is 18.5 Å². The zero-order chi connectivity index (χ0) is 15.5. The van der Waals surface area contributed by atoms with Crippen molar-refractivity contribution in [1.82, 2.24) is 4.72 Å². The quantitative estimate of drug-likeness (QED) is 0.772. The standard InChI is InChI=1S/C12H19ClN2O3S2/c1-8-6-10(13)11(14)7-12(8)20(17,18)15-5-4-9(2)19(3)16/h6-7,9,15H,4-5,14H2,1-3H3. The van der Waals surface area contributed by atoms with Gasteiger partial charge in [-0.05, 0) is 31.0 Å². The van der Waals surface area contributed by atoms with Gasteiger partial charge in [-0.3, -0.25) is 4.21 Å². The normalized spacial score (nSPS) is 15.0. The molecule has 1 aromatic rings. The van der Waals surface area contributed by atoms with E-state index >= 15 is 0 Å². The van der Waals surface area contributed by atoms with Crippen molar-refractivity contribution in [2.45, 2.75) is 30.4 Å². The third kappa shape index (κ3) is 4.44. The Labute approximate surface area is 127 Å². The highest BCUT2D eigenvalue weighted by Gasteiger charge is 2.18. The number of hydrogen-bond donors (Lipinski definition) is 2. The number of sulfonamides is 1. The molecule has 0 aliphatic rings. The van der Waals surface area contributed by atoms with Crippen LogP contribution in [-0.2, 0) is 20.8 Å². The lowest BCUT2D eigenvalue weighted by molar-refractivity contribution is 0.577. The summed E-state index contributed by atoms with van der Waals surface area (Å²) in [6, 6.07) is 2.87. The number of nitrogen functional groups attached to an aromatic ring is 1. The summed E-state index contributed by atoms with van der Waals surface area (Å²) in [5, 5.41) is 0.269. The van der Waals surface area contributed by atoms with E-state index in [1.54, 1.807) is 13.2 Å². The number of rotatable bonds is 6. The molecule has 0 bridgehead atoms. The highest BCUT2D eigenvalue weighted by atomic mass is 35.5. The monoisotopic (exact) mass is 338 g/mol. The zero-order valence-corrected chi connectivity index (χ0v) is 14.0. The first-order chi connectivity index (χ1) is 9.15. The second-order valence-electron chi connectivity index (χ2n) is 4.63. The minimum absolute atomic E-state index is 0.0610. The lowest BCUT2D eigenvalue weighted by atomic mass is 10.2. The van der Waals surface area contributed by atoms with Gasteiger partial charge in [0, 0.05) is 28.9 Å². The van der Waals surface area contributed by atoms with Gasteiger partial charge in [-0.15, -0.1) is 0 Å². The summed E-state index contributed by atoms with van der Waals surface area (Å²) < 4.78 is 38.1. The van der Waals surface area contributed by atoms with Crippen molar-refractivity contribution in [3.8, 4) is 0 Å². The maximum atomic E-state index is 12.2. The number of aryl methyl sites for hydroxylation is 1. The van der Waals surface area contributed by atoms with Crippen molar-refractivity contribution < 1.29 is 12.6 Å². The molecule has 8 heteroatoms. The second-order valence-corrected chi connectivity index (χ2v) is 8.58. The molecule has 0 heterocycles. The molecule has 1 aromatic carbocycles. The molecule has 0 spiro atoms. The molecule has 5 nitrogen and oxygen atoms in total. The Kier molecular flexibility index (Phi) is 6.00. The third-order valence-corrected chi connectivity index (χ3v) is 6.29. The molecule has 20 heavy (non-hydrogen) atoms. The van der Waals surface area contributed by atoms with E-state index in [1.165, 1.54) is 12.1 Å². The zero-order valence-electron chi connectivity index (χ0n) is 11.6. The van der Waals surface area contributed by atoms with E-state index in [2.05, 4.69) is 4.72 Å². The summed E-state index contributed by atoms with van der Waals surface area (Å²) in [6.07, 6.45) is 2.10. The van der Waals surface area contributed by atoms with Crippen LogP contribution in [0.3, 0.4) is 0 Å². The third-order valence-electron chi connectivity index (χ3n) is 2.99. The highest BCUT2D eigenvalue weighted by Crippen LogP contribution is 2.26. The topological polar surface area (TPSA) is 89.3 Å². The molecule has 0 radical (unpaired) electrons. The van der Waals surface area contributed by atoms with E-state index < -0.39 is 20.8 Å².